The van der Waals surface area contributed by atoms with Gasteiger partial charge in [0.1, 0.15) is 10.7 Å². The summed E-state index contributed by atoms with van der Waals surface area (Å²) in [4.78, 5) is 15.2. The summed E-state index contributed by atoms with van der Waals surface area (Å²) >= 11 is 7.57. The molecule has 2 aromatic rings. The van der Waals surface area contributed by atoms with Crippen molar-refractivity contribution < 1.29 is 9.18 Å². The summed E-state index contributed by atoms with van der Waals surface area (Å²) in [5, 5.41) is 3.95. The van der Waals surface area contributed by atoms with E-state index >= 15 is 0 Å². The Bertz CT molecular complexity index is 732. The van der Waals surface area contributed by atoms with Gasteiger partial charge in [0, 0.05) is 35.8 Å². The van der Waals surface area contributed by atoms with Crippen LogP contribution in [0.3, 0.4) is 0 Å². The molecule has 4 rings (SSSR count). The number of nitrogens with zero attached hydrogens (tertiary/aromatic N) is 1. The number of hydrogen-bond acceptors (Lipinski definition) is 3. The van der Waals surface area contributed by atoms with Gasteiger partial charge in [-0.3, -0.25) is 4.79 Å². The number of likely N-dealkylation sites (tertiary alicyclic amines) is 1. The van der Waals surface area contributed by atoms with Crippen LogP contribution >= 0.6 is 22.9 Å². The van der Waals surface area contributed by atoms with Gasteiger partial charge in [-0.1, -0.05) is 17.7 Å². The lowest BCUT2D eigenvalue weighted by Crippen LogP contribution is -2.38. The van der Waals surface area contributed by atoms with E-state index in [1.165, 1.54) is 17.4 Å². The molecule has 2 aliphatic rings. The van der Waals surface area contributed by atoms with E-state index in [1.807, 2.05) is 4.90 Å². The summed E-state index contributed by atoms with van der Waals surface area (Å²) in [6.45, 7) is 2.58. The first-order valence-electron chi connectivity index (χ1n) is 7.05. The summed E-state index contributed by atoms with van der Waals surface area (Å²) in [5.41, 5.74) is 0. The highest BCUT2D eigenvalue weighted by atomic mass is 35.5. The molecule has 1 aromatic carbocycles. The van der Waals surface area contributed by atoms with Gasteiger partial charge < -0.3 is 10.2 Å². The number of carbonyl (C=O) groups is 1. The fraction of sp³-hybridized carbons (Fsp3) is 0.400. The van der Waals surface area contributed by atoms with Gasteiger partial charge in [0.05, 0.1) is 5.02 Å². The summed E-state index contributed by atoms with van der Waals surface area (Å²) in [6, 6.07) is 5.08. The largest absolute Gasteiger partial charge is 0.333 e. The molecule has 6 heteroatoms. The highest BCUT2D eigenvalue weighted by Crippen LogP contribution is 2.39. The number of thiophene rings is 1. The first kappa shape index (κ1) is 13.5. The van der Waals surface area contributed by atoms with Crippen LogP contribution in [0.15, 0.2) is 18.2 Å². The SMILES string of the molecule is O=C(c1sc2cccc(F)c2c1Cl)N1CC[C@H]2CNC[C@H]21. The second-order valence-corrected chi connectivity index (χ2v) is 7.06. The van der Waals surface area contributed by atoms with E-state index in [0.717, 1.165) is 30.8 Å². The fourth-order valence-corrected chi connectivity index (χ4v) is 4.95. The molecule has 2 aliphatic heterocycles. The number of hydrogen-bond donors (Lipinski definition) is 1. The molecule has 110 valence electrons. The van der Waals surface area contributed by atoms with Gasteiger partial charge in [-0.15, -0.1) is 11.3 Å². The maximum absolute atomic E-state index is 13.9. The number of halogens is 2. The molecule has 0 bridgehead atoms. The van der Waals surface area contributed by atoms with E-state index in [9.17, 15) is 9.18 Å². The smallest absolute Gasteiger partial charge is 0.265 e. The first-order chi connectivity index (χ1) is 10.2. The predicted octanol–water partition coefficient (Wildman–Crippen LogP) is 3.13. The molecule has 21 heavy (non-hydrogen) atoms. The Hall–Kier alpha value is -1.17. The second-order valence-electron chi connectivity index (χ2n) is 5.63. The Labute approximate surface area is 130 Å². The fourth-order valence-electron chi connectivity index (χ4n) is 3.44. The minimum absolute atomic E-state index is 0.0585. The number of amides is 1. The molecular weight excluding hydrogens is 311 g/mol. The first-order valence-corrected chi connectivity index (χ1v) is 8.24. The van der Waals surface area contributed by atoms with Crippen molar-refractivity contribution in [3.8, 4) is 0 Å². The van der Waals surface area contributed by atoms with Gasteiger partial charge in [-0.05, 0) is 24.5 Å². The monoisotopic (exact) mass is 324 g/mol. The van der Waals surface area contributed by atoms with Crippen molar-refractivity contribution in [1.82, 2.24) is 10.2 Å². The van der Waals surface area contributed by atoms with Gasteiger partial charge in [-0.25, -0.2) is 4.39 Å². The molecular formula is C15H14ClFN2OS. The van der Waals surface area contributed by atoms with Gasteiger partial charge in [0.25, 0.3) is 5.91 Å². The van der Waals surface area contributed by atoms with Crippen LogP contribution in [0.25, 0.3) is 10.1 Å². The summed E-state index contributed by atoms with van der Waals surface area (Å²) in [6.07, 6.45) is 1.03. The van der Waals surface area contributed by atoms with E-state index in [4.69, 9.17) is 11.6 Å². The Morgan fingerprint density at radius 2 is 2.29 bits per heavy atom. The van der Waals surface area contributed by atoms with Crippen LogP contribution in [-0.4, -0.2) is 36.5 Å². The van der Waals surface area contributed by atoms with Crippen molar-refractivity contribution in [1.29, 1.82) is 0 Å². The van der Waals surface area contributed by atoms with Crippen LogP contribution in [0, 0.1) is 11.7 Å². The second kappa shape index (κ2) is 4.93. The van der Waals surface area contributed by atoms with E-state index in [2.05, 4.69) is 5.32 Å². The van der Waals surface area contributed by atoms with E-state index < -0.39 is 0 Å². The van der Waals surface area contributed by atoms with E-state index in [0.29, 0.717) is 16.2 Å². The minimum atomic E-state index is -0.366. The third-order valence-electron chi connectivity index (χ3n) is 4.51. The molecule has 0 spiro atoms. The molecule has 3 heterocycles. The van der Waals surface area contributed by atoms with Crippen molar-refractivity contribution in [2.45, 2.75) is 12.5 Å². The summed E-state index contributed by atoms with van der Waals surface area (Å²) in [5.74, 6) is 0.116. The minimum Gasteiger partial charge on any atom is -0.333 e. The van der Waals surface area contributed by atoms with E-state index in [-0.39, 0.29) is 22.8 Å². The Morgan fingerprint density at radius 3 is 3.10 bits per heavy atom. The Balaban J connectivity index is 1.75. The third kappa shape index (κ3) is 1.99. The molecule has 2 atom stereocenters. The highest BCUT2D eigenvalue weighted by molar-refractivity contribution is 7.21. The zero-order valence-electron chi connectivity index (χ0n) is 11.2. The van der Waals surface area contributed by atoms with Crippen LogP contribution in [0.2, 0.25) is 5.02 Å². The van der Waals surface area contributed by atoms with Crippen LogP contribution in [0.1, 0.15) is 16.1 Å². The van der Waals surface area contributed by atoms with Gasteiger partial charge in [-0.2, -0.15) is 0 Å². The normalized spacial score (nSPS) is 24.8. The van der Waals surface area contributed by atoms with Crippen molar-refractivity contribution in [2.24, 2.45) is 5.92 Å². The van der Waals surface area contributed by atoms with Crippen LogP contribution in [-0.2, 0) is 0 Å². The van der Waals surface area contributed by atoms with Crippen LogP contribution < -0.4 is 5.32 Å². The number of nitrogens with one attached hydrogen (secondary N) is 1. The maximum atomic E-state index is 13.9. The lowest BCUT2D eigenvalue weighted by molar-refractivity contribution is 0.0742. The summed E-state index contributed by atoms with van der Waals surface area (Å²) < 4.78 is 14.6. The van der Waals surface area contributed by atoms with Crippen molar-refractivity contribution in [3.05, 3.63) is 33.9 Å². The number of rotatable bonds is 1. The Morgan fingerprint density at radius 1 is 1.43 bits per heavy atom. The molecule has 2 saturated heterocycles. The summed E-state index contributed by atoms with van der Waals surface area (Å²) in [7, 11) is 0. The molecule has 1 N–H and O–H groups in total. The van der Waals surface area contributed by atoms with Crippen molar-refractivity contribution in [2.75, 3.05) is 19.6 Å². The average molecular weight is 325 g/mol. The maximum Gasteiger partial charge on any atom is 0.265 e. The quantitative estimate of drug-likeness (QED) is 0.874. The number of carbonyl (C=O) groups excluding carboxylic acids is 1. The zero-order valence-corrected chi connectivity index (χ0v) is 12.8. The predicted molar refractivity (Wildman–Crippen MR) is 82.6 cm³/mol. The van der Waals surface area contributed by atoms with Crippen molar-refractivity contribution >= 4 is 38.9 Å². The highest BCUT2D eigenvalue weighted by Gasteiger charge is 2.41. The molecule has 1 aromatic heterocycles. The molecule has 0 unspecified atom stereocenters. The third-order valence-corrected chi connectivity index (χ3v) is 6.14. The van der Waals surface area contributed by atoms with Crippen molar-refractivity contribution in [3.63, 3.8) is 0 Å². The van der Waals surface area contributed by atoms with Crippen LogP contribution in [0.4, 0.5) is 4.39 Å². The van der Waals surface area contributed by atoms with Gasteiger partial charge >= 0.3 is 0 Å². The molecule has 2 fully saturated rings. The molecule has 1 amide bonds. The average Bonchev–Trinajstić information content (AvgIpc) is 3.12. The molecule has 0 saturated carbocycles. The lowest BCUT2D eigenvalue weighted by Gasteiger charge is -2.22. The molecule has 0 radical (unpaired) electrons. The molecule has 0 aliphatic carbocycles. The zero-order chi connectivity index (χ0) is 14.6. The number of fused-ring (bicyclic) bond motifs is 2. The standard InChI is InChI=1S/C15H14ClFN2OS/c16-13-12-9(17)2-1-3-11(12)21-14(13)15(20)19-5-4-8-6-18-7-10(8)19/h1-3,8,10,18H,4-7H2/t8-,10+/m0/s1. The van der Waals surface area contributed by atoms with E-state index in [1.54, 1.807) is 12.1 Å². The van der Waals surface area contributed by atoms with Gasteiger partial charge in [0.2, 0.25) is 0 Å². The Kier molecular flexibility index (Phi) is 3.17. The van der Waals surface area contributed by atoms with Gasteiger partial charge in [0.15, 0.2) is 0 Å². The number of benzene rings is 1. The topological polar surface area (TPSA) is 32.3 Å². The lowest BCUT2D eigenvalue weighted by atomic mass is 10.1. The van der Waals surface area contributed by atoms with Crippen LogP contribution in [0.5, 0.6) is 0 Å². The molecule has 3 nitrogen and oxygen atoms in total.